The Labute approximate surface area is 167 Å². The van der Waals surface area contributed by atoms with Crippen LogP contribution in [0.15, 0.2) is 41.4 Å². The van der Waals surface area contributed by atoms with Crippen LogP contribution in [0.3, 0.4) is 0 Å². The van der Waals surface area contributed by atoms with E-state index >= 15 is 0 Å². The molecule has 6 nitrogen and oxygen atoms in total. The van der Waals surface area contributed by atoms with E-state index in [9.17, 15) is 9.59 Å². The number of hydrogen-bond acceptors (Lipinski definition) is 5. The Morgan fingerprint density at radius 2 is 1.75 bits per heavy atom. The van der Waals surface area contributed by atoms with Crippen LogP contribution >= 0.6 is 11.3 Å². The Morgan fingerprint density at radius 1 is 1.07 bits per heavy atom. The van der Waals surface area contributed by atoms with E-state index in [0.717, 1.165) is 34.5 Å². The van der Waals surface area contributed by atoms with Crippen LogP contribution in [0, 0.1) is 6.92 Å². The van der Waals surface area contributed by atoms with Crippen molar-refractivity contribution < 1.29 is 19.1 Å². The zero-order valence-corrected chi connectivity index (χ0v) is 17.1. The van der Waals surface area contributed by atoms with Crippen LogP contribution in [0.1, 0.15) is 39.6 Å². The van der Waals surface area contributed by atoms with Crippen LogP contribution in [-0.2, 0) is 11.3 Å². The van der Waals surface area contributed by atoms with Crippen molar-refractivity contribution in [3.8, 4) is 5.75 Å². The predicted molar refractivity (Wildman–Crippen MR) is 109 cm³/mol. The summed E-state index contributed by atoms with van der Waals surface area (Å²) in [5, 5.41) is 0. The maximum Gasteiger partial charge on any atom is 0.337 e. The van der Waals surface area contributed by atoms with E-state index in [4.69, 9.17) is 4.74 Å². The summed E-state index contributed by atoms with van der Waals surface area (Å²) in [5.74, 6) is -0.0325. The lowest BCUT2D eigenvalue weighted by Crippen LogP contribution is -2.17. The second-order valence-electron chi connectivity index (χ2n) is 6.28. The minimum atomic E-state index is -0.441. The van der Waals surface area contributed by atoms with Crippen LogP contribution in [-0.4, -0.2) is 30.7 Å². The van der Waals surface area contributed by atoms with Crippen molar-refractivity contribution in [3.63, 3.8) is 0 Å². The molecule has 3 aromatic rings. The lowest BCUT2D eigenvalue weighted by Gasteiger charge is -2.08. The molecule has 146 valence electrons. The summed E-state index contributed by atoms with van der Waals surface area (Å²) in [6.07, 6.45) is 0.901. The molecule has 0 fully saturated rings. The minimum Gasteiger partial charge on any atom is -0.495 e. The molecular formula is C21H22N2O4S. The number of aromatic nitrogens is 1. The number of ether oxygens (including phenoxy) is 2. The van der Waals surface area contributed by atoms with Gasteiger partial charge in [-0.25, -0.2) is 4.79 Å². The third-order valence-corrected chi connectivity index (χ3v) is 5.62. The number of aryl methyl sites for hydroxylation is 2. The van der Waals surface area contributed by atoms with Crippen LogP contribution in [0.4, 0.5) is 0 Å². The Bertz CT molecular complexity index is 1090. The fourth-order valence-electron chi connectivity index (χ4n) is 2.98. The molecule has 0 N–H and O–H groups in total. The van der Waals surface area contributed by atoms with Gasteiger partial charge in [0.25, 0.3) is 5.91 Å². The van der Waals surface area contributed by atoms with Gasteiger partial charge in [-0.2, -0.15) is 4.99 Å². The highest BCUT2D eigenvalue weighted by atomic mass is 32.1. The number of carbonyl (C=O) groups excluding carboxylic acids is 2. The first-order chi connectivity index (χ1) is 13.5. The normalized spacial score (nSPS) is 11.6. The zero-order valence-electron chi connectivity index (χ0n) is 16.3. The third kappa shape index (κ3) is 3.71. The Kier molecular flexibility index (Phi) is 5.94. The van der Waals surface area contributed by atoms with Crippen molar-refractivity contribution in [2.75, 3.05) is 14.2 Å². The molecule has 0 aliphatic carbocycles. The van der Waals surface area contributed by atoms with E-state index in [2.05, 4.69) is 16.7 Å². The standard InChI is InChI=1S/C21H22N2O4S/c1-5-12-23-17-16(26-3)11-6-13(2)18(17)28-21(23)22-19(24)14-7-9-15(10-8-14)20(25)27-4/h6-11H,5,12H2,1-4H3. The molecule has 2 aromatic carbocycles. The van der Waals surface area contributed by atoms with Gasteiger partial charge in [-0.15, -0.1) is 0 Å². The van der Waals surface area contributed by atoms with Crippen molar-refractivity contribution in [3.05, 3.63) is 57.9 Å². The largest absolute Gasteiger partial charge is 0.495 e. The van der Waals surface area contributed by atoms with Crippen LogP contribution in [0.5, 0.6) is 5.75 Å². The van der Waals surface area contributed by atoms with E-state index in [1.807, 2.05) is 23.6 Å². The monoisotopic (exact) mass is 398 g/mol. The number of carbonyl (C=O) groups is 2. The van der Waals surface area contributed by atoms with Gasteiger partial charge in [0, 0.05) is 12.1 Å². The molecule has 0 atom stereocenters. The molecule has 0 saturated heterocycles. The molecule has 0 aliphatic heterocycles. The van der Waals surface area contributed by atoms with Crippen molar-refractivity contribution in [1.82, 2.24) is 4.57 Å². The van der Waals surface area contributed by atoms with E-state index in [1.54, 1.807) is 31.4 Å². The lowest BCUT2D eigenvalue weighted by molar-refractivity contribution is 0.0600. The number of hydrogen-bond donors (Lipinski definition) is 0. The molecule has 7 heteroatoms. The number of esters is 1. The summed E-state index contributed by atoms with van der Waals surface area (Å²) in [6, 6.07) is 10.2. The summed E-state index contributed by atoms with van der Waals surface area (Å²) in [4.78, 5) is 29.3. The molecule has 0 spiro atoms. The maximum atomic E-state index is 12.7. The molecule has 1 heterocycles. The highest BCUT2D eigenvalue weighted by Gasteiger charge is 2.15. The summed E-state index contributed by atoms with van der Waals surface area (Å²) < 4.78 is 13.3. The summed E-state index contributed by atoms with van der Waals surface area (Å²) in [7, 11) is 2.96. The van der Waals surface area contributed by atoms with Gasteiger partial charge in [-0.05, 0) is 49.2 Å². The van der Waals surface area contributed by atoms with Crippen LogP contribution in [0.2, 0.25) is 0 Å². The van der Waals surface area contributed by atoms with E-state index in [-0.39, 0.29) is 5.91 Å². The summed E-state index contributed by atoms with van der Waals surface area (Å²) >= 11 is 1.48. The first-order valence-corrected chi connectivity index (χ1v) is 9.76. The molecule has 1 aromatic heterocycles. The van der Waals surface area contributed by atoms with Gasteiger partial charge in [0.2, 0.25) is 0 Å². The van der Waals surface area contributed by atoms with Gasteiger partial charge >= 0.3 is 5.97 Å². The van der Waals surface area contributed by atoms with Crippen LogP contribution < -0.4 is 9.54 Å². The second-order valence-corrected chi connectivity index (χ2v) is 7.26. The maximum absolute atomic E-state index is 12.7. The molecule has 0 bridgehead atoms. The molecule has 0 radical (unpaired) electrons. The van der Waals surface area contributed by atoms with Crippen molar-refractivity contribution in [1.29, 1.82) is 0 Å². The predicted octanol–water partition coefficient (Wildman–Crippen LogP) is 3.96. The van der Waals surface area contributed by atoms with Gasteiger partial charge in [-0.1, -0.05) is 24.3 Å². The highest BCUT2D eigenvalue weighted by molar-refractivity contribution is 7.16. The molecule has 0 aliphatic rings. The zero-order chi connectivity index (χ0) is 20.3. The summed E-state index contributed by atoms with van der Waals surface area (Å²) in [5.41, 5.74) is 2.88. The fraction of sp³-hybridized carbons (Fsp3) is 0.286. The molecule has 1 amide bonds. The Balaban J connectivity index is 2.10. The summed E-state index contributed by atoms with van der Waals surface area (Å²) in [6.45, 7) is 4.84. The number of methoxy groups -OCH3 is 2. The van der Waals surface area contributed by atoms with Gasteiger partial charge < -0.3 is 14.0 Å². The average Bonchev–Trinajstić information content (AvgIpc) is 3.07. The van der Waals surface area contributed by atoms with E-state index in [0.29, 0.717) is 15.9 Å². The van der Waals surface area contributed by atoms with E-state index < -0.39 is 5.97 Å². The second kappa shape index (κ2) is 8.39. The molecular weight excluding hydrogens is 376 g/mol. The van der Waals surface area contributed by atoms with Gasteiger partial charge in [-0.3, -0.25) is 4.79 Å². The van der Waals surface area contributed by atoms with Crippen molar-refractivity contribution in [2.45, 2.75) is 26.8 Å². The number of fused-ring (bicyclic) bond motifs is 1. The topological polar surface area (TPSA) is 69.9 Å². The number of nitrogens with zero attached hydrogens (tertiary/aromatic N) is 2. The smallest absolute Gasteiger partial charge is 0.337 e. The third-order valence-electron chi connectivity index (χ3n) is 4.40. The fourth-order valence-corrected chi connectivity index (χ4v) is 4.12. The molecule has 0 unspecified atom stereocenters. The van der Waals surface area contributed by atoms with Gasteiger partial charge in [0.05, 0.1) is 24.5 Å². The number of rotatable bonds is 5. The molecule has 28 heavy (non-hydrogen) atoms. The molecule has 0 saturated carbocycles. The molecule has 3 rings (SSSR count). The van der Waals surface area contributed by atoms with E-state index in [1.165, 1.54) is 18.4 Å². The number of amides is 1. The number of thiazole rings is 1. The lowest BCUT2D eigenvalue weighted by atomic mass is 10.1. The minimum absolute atomic E-state index is 0.357. The average molecular weight is 398 g/mol. The Hall–Kier alpha value is -2.93. The SMILES string of the molecule is CCCn1c(=NC(=O)c2ccc(C(=O)OC)cc2)sc2c(C)ccc(OC)c21. The highest BCUT2D eigenvalue weighted by Crippen LogP contribution is 2.30. The quantitative estimate of drug-likeness (QED) is 0.610. The first kappa shape index (κ1) is 19.8. The number of benzene rings is 2. The van der Waals surface area contributed by atoms with Crippen molar-refractivity contribution >= 4 is 33.4 Å². The van der Waals surface area contributed by atoms with Crippen molar-refractivity contribution in [2.24, 2.45) is 4.99 Å². The van der Waals surface area contributed by atoms with Gasteiger partial charge in [0.15, 0.2) is 4.80 Å². The first-order valence-electron chi connectivity index (χ1n) is 8.94. The van der Waals surface area contributed by atoms with Gasteiger partial charge in [0.1, 0.15) is 11.3 Å². The van der Waals surface area contributed by atoms with Crippen LogP contribution in [0.25, 0.3) is 10.2 Å². The Morgan fingerprint density at radius 3 is 2.36 bits per heavy atom.